The van der Waals surface area contributed by atoms with E-state index in [1.807, 2.05) is 30.3 Å². The average Bonchev–Trinajstić information content (AvgIpc) is 2.99. The van der Waals surface area contributed by atoms with Crippen LogP contribution in [-0.4, -0.2) is 83.0 Å². The van der Waals surface area contributed by atoms with Crippen molar-refractivity contribution in [3.05, 3.63) is 65.7 Å². The molecule has 0 spiro atoms. The van der Waals surface area contributed by atoms with Crippen LogP contribution in [0.2, 0.25) is 0 Å². The van der Waals surface area contributed by atoms with Crippen molar-refractivity contribution < 1.29 is 34.2 Å². The summed E-state index contributed by atoms with van der Waals surface area (Å²) in [4.78, 5) is 67.8. The lowest BCUT2D eigenvalue weighted by atomic mass is 9.99. The molecular weight excluding hydrogens is 570 g/mol. The summed E-state index contributed by atoms with van der Waals surface area (Å²) in [5.74, 6) is -2.97. The Bertz CT molecular complexity index is 1340. The fourth-order valence-corrected chi connectivity index (χ4v) is 4.68. The molecule has 0 unspecified atom stereocenters. The number of carboxylic acids is 1. The van der Waals surface area contributed by atoms with Gasteiger partial charge in [-0.2, -0.15) is 0 Å². The van der Waals surface area contributed by atoms with E-state index in [1.54, 1.807) is 13.8 Å². The molecule has 236 valence electrons. The zero-order valence-corrected chi connectivity index (χ0v) is 24.5. The second-order valence-electron chi connectivity index (χ2n) is 10.8. The lowest BCUT2D eigenvalue weighted by Gasteiger charge is -2.31. The summed E-state index contributed by atoms with van der Waals surface area (Å²) in [6, 6.07) is 8.64. The van der Waals surface area contributed by atoms with Gasteiger partial charge in [0.05, 0.1) is 12.1 Å². The van der Waals surface area contributed by atoms with Crippen molar-refractivity contribution in [1.29, 1.82) is 0 Å². The van der Waals surface area contributed by atoms with E-state index < -0.39 is 59.9 Å². The van der Waals surface area contributed by atoms with Crippen molar-refractivity contribution in [3.63, 3.8) is 0 Å². The topological polar surface area (TPSA) is 224 Å². The van der Waals surface area contributed by atoms with Gasteiger partial charge >= 0.3 is 12.0 Å². The Morgan fingerprint density at radius 1 is 0.955 bits per heavy atom. The number of carboxylic acid groups (broad SMARTS) is 1. The number of aliphatic carboxylic acids is 1. The number of guanidine groups is 1. The quantitative estimate of drug-likeness (QED) is 0.133. The summed E-state index contributed by atoms with van der Waals surface area (Å²) in [7, 11) is 0. The van der Waals surface area contributed by atoms with Crippen LogP contribution < -0.4 is 32.3 Å². The number of aliphatic imine (C=N–C) groups is 1. The van der Waals surface area contributed by atoms with Gasteiger partial charge in [-0.3, -0.25) is 9.59 Å². The Balaban J connectivity index is 1.74. The fourth-order valence-electron chi connectivity index (χ4n) is 4.68. The zero-order valence-electron chi connectivity index (χ0n) is 24.5. The molecule has 4 amide bonds. The molecule has 0 saturated heterocycles. The Kier molecular flexibility index (Phi) is 12.1. The molecule has 5 atom stereocenters. The monoisotopic (exact) mass is 609 g/mol. The van der Waals surface area contributed by atoms with E-state index in [2.05, 4.69) is 31.6 Å². The number of hydrogen-bond donors (Lipinski definition) is 8. The number of aromatic hydroxyl groups is 1. The van der Waals surface area contributed by atoms with Gasteiger partial charge in [-0.1, -0.05) is 56.3 Å². The van der Waals surface area contributed by atoms with Gasteiger partial charge in [-0.15, -0.1) is 0 Å². The third-order valence-electron chi connectivity index (χ3n) is 7.02. The van der Waals surface area contributed by atoms with Crippen molar-refractivity contribution in [3.8, 4) is 5.75 Å². The van der Waals surface area contributed by atoms with E-state index in [0.29, 0.717) is 24.8 Å². The van der Waals surface area contributed by atoms with Crippen molar-refractivity contribution in [1.82, 2.24) is 26.6 Å². The first-order valence-electron chi connectivity index (χ1n) is 14.2. The normalized spacial score (nSPS) is 17.1. The maximum atomic E-state index is 13.6. The minimum atomic E-state index is -1.36. The molecule has 1 heterocycles. The van der Waals surface area contributed by atoms with Crippen molar-refractivity contribution >= 4 is 36.1 Å². The van der Waals surface area contributed by atoms with Crippen LogP contribution in [0.25, 0.3) is 0 Å². The summed E-state index contributed by atoms with van der Waals surface area (Å²) < 4.78 is 0. The van der Waals surface area contributed by atoms with E-state index in [4.69, 9.17) is 5.73 Å². The molecule has 0 saturated carbocycles. The molecule has 2 aromatic rings. The number of phenolic OH excluding ortho intramolecular Hbond substituents is 1. The van der Waals surface area contributed by atoms with E-state index in [0.717, 1.165) is 5.56 Å². The van der Waals surface area contributed by atoms with Crippen molar-refractivity contribution in [2.24, 2.45) is 16.6 Å². The third kappa shape index (κ3) is 10.00. The molecule has 44 heavy (non-hydrogen) atoms. The fraction of sp³-hybridized carbons (Fsp3) is 0.400. The van der Waals surface area contributed by atoms with Crippen LogP contribution in [0.15, 0.2) is 59.6 Å². The highest BCUT2D eigenvalue weighted by Gasteiger charge is 2.36. The molecule has 14 nitrogen and oxygen atoms in total. The smallest absolute Gasteiger partial charge is 0.326 e. The summed E-state index contributed by atoms with van der Waals surface area (Å²) in [6.07, 6.45) is 1.10. The average molecular weight is 610 g/mol. The molecule has 1 aliphatic heterocycles. The summed E-state index contributed by atoms with van der Waals surface area (Å²) in [5, 5.41) is 32.2. The number of hydrogen-bond acceptors (Lipinski definition) is 9. The first-order chi connectivity index (χ1) is 21.0. The molecule has 14 heteroatoms. The summed E-state index contributed by atoms with van der Waals surface area (Å²) in [6.45, 7) is 3.79. The molecule has 1 aliphatic rings. The first-order valence-corrected chi connectivity index (χ1v) is 14.2. The van der Waals surface area contributed by atoms with E-state index >= 15 is 0 Å². The van der Waals surface area contributed by atoms with Gasteiger partial charge in [0.25, 0.3) is 0 Å². The van der Waals surface area contributed by atoms with Gasteiger partial charge in [0, 0.05) is 13.0 Å². The van der Waals surface area contributed by atoms with E-state index in [-0.39, 0.29) is 24.6 Å². The molecule has 2 aromatic carbocycles. The molecule has 3 rings (SSSR count). The largest absolute Gasteiger partial charge is 0.508 e. The number of nitrogens with zero attached hydrogens (tertiary/aromatic N) is 1. The summed E-state index contributed by atoms with van der Waals surface area (Å²) in [5.41, 5.74) is 7.22. The standard InChI is InChI=1S/C30H39N7O7/c1-17(2)24(26(40)33-20(16-38)14-18-6-4-3-5-7-18)36-27(41)25(22-12-13-32-29(31)34-22)37-30(44)35-23(28(42)43)15-19-8-10-21(39)11-9-19/h3-11,16-17,20,22-25,39H,12-15H2,1-2H3,(H,33,40)(H,36,41)(H,42,43)(H3,31,32,34)(H2,35,37,44)/t20-,22+,23-,24-,25-/m0/s1. The Morgan fingerprint density at radius 3 is 2.20 bits per heavy atom. The van der Waals surface area contributed by atoms with Crippen molar-refractivity contribution in [2.45, 2.75) is 63.3 Å². The summed E-state index contributed by atoms with van der Waals surface area (Å²) >= 11 is 0. The van der Waals surface area contributed by atoms with Crippen LogP contribution in [0.5, 0.6) is 5.75 Å². The van der Waals surface area contributed by atoms with Gasteiger partial charge in [-0.05, 0) is 42.0 Å². The lowest BCUT2D eigenvalue weighted by molar-refractivity contribution is -0.139. The Hall–Kier alpha value is -5.14. The molecule has 0 aromatic heterocycles. The van der Waals surface area contributed by atoms with Gasteiger partial charge in [0.2, 0.25) is 11.8 Å². The number of amides is 4. The maximum Gasteiger partial charge on any atom is 0.326 e. The van der Waals surface area contributed by atoms with Crippen LogP contribution in [0.4, 0.5) is 4.79 Å². The number of benzene rings is 2. The molecule has 0 fully saturated rings. The van der Waals surface area contributed by atoms with Gasteiger partial charge in [-0.25, -0.2) is 14.6 Å². The second-order valence-corrected chi connectivity index (χ2v) is 10.8. The second kappa shape index (κ2) is 15.9. The van der Waals surface area contributed by atoms with Crippen LogP contribution in [0.1, 0.15) is 31.4 Å². The predicted molar refractivity (Wildman–Crippen MR) is 162 cm³/mol. The number of rotatable bonds is 14. The van der Waals surface area contributed by atoms with Gasteiger partial charge in [0.1, 0.15) is 30.2 Å². The number of carbonyl (C=O) groups is 5. The van der Waals surface area contributed by atoms with Crippen LogP contribution in [-0.2, 0) is 32.0 Å². The molecular formula is C30H39N7O7. The molecule has 0 aliphatic carbocycles. The SMILES string of the molecule is CC(C)[C@H](NC(=O)[C@@H](NC(=O)N[C@@H](Cc1ccc(O)cc1)C(=O)O)[C@H]1CCNC(N)=N1)C(=O)N[C@H](C=O)Cc1ccccc1. The van der Waals surface area contributed by atoms with Gasteiger partial charge < -0.3 is 47.3 Å². The molecule has 0 bridgehead atoms. The van der Waals surface area contributed by atoms with E-state index in [9.17, 15) is 34.2 Å². The van der Waals surface area contributed by atoms with Crippen LogP contribution in [0, 0.1) is 5.92 Å². The Morgan fingerprint density at radius 2 is 1.61 bits per heavy atom. The van der Waals surface area contributed by atoms with Crippen molar-refractivity contribution in [2.75, 3.05) is 6.54 Å². The number of carbonyl (C=O) groups excluding carboxylic acids is 4. The highest BCUT2D eigenvalue weighted by atomic mass is 16.4. The number of nitrogens with one attached hydrogen (secondary N) is 5. The third-order valence-corrected chi connectivity index (χ3v) is 7.02. The number of nitrogens with two attached hydrogens (primary N) is 1. The maximum absolute atomic E-state index is 13.6. The van der Waals surface area contributed by atoms with Gasteiger partial charge in [0.15, 0.2) is 5.96 Å². The highest BCUT2D eigenvalue weighted by Crippen LogP contribution is 2.13. The molecule has 0 radical (unpaired) electrons. The first kappa shape index (κ1) is 33.4. The van der Waals surface area contributed by atoms with Crippen LogP contribution in [0.3, 0.4) is 0 Å². The predicted octanol–water partition coefficient (Wildman–Crippen LogP) is -0.200. The zero-order chi connectivity index (χ0) is 32.2. The minimum Gasteiger partial charge on any atom is -0.508 e. The number of urea groups is 1. The molecule has 9 N–H and O–H groups in total. The number of phenols is 1. The number of aldehydes is 1. The lowest BCUT2D eigenvalue weighted by Crippen LogP contribution is -2.62. The van der Waals surface area contributed by atoms with E-state index in [1.165, 1.54) is 24.3 Å². The Labute approximate surface area is 254 Å². The highest BCUT2D eigenvalue weighted by molar-refractivity contribution is 5.94. The minimum absolute atomic E-state index is 0.00763. The van der Waals surface area contributed by atoms with Crippen LogP contribution >= 0.6 is 0 Å².